The van der Waals surface area contributed by atoms with Crippen molar-refractivity contribution in [2.24, 2.45) is 5.92 Å². The third-order valence-electron chi connectivity index (χ3n) is 3.20. The van der Waals surface area contributed by atoms with Gasteiger partial charge in [0.25, 0.3) is 0 Å². The minimum atomic E-state index is -3.31. The minimum absolute atomic E-state index is 0.0289. The number of carbonyl (C=O) groups is 1. The molecule has 0 aromatic heterocycles. The summed E-state index contributed by atoms with van der Waals surface area (Å²) in [6.07, 6.45) is 3.27. The summed E-state index contributed by atoms with van der Waals surface area (Å²) >= 11 is 0. The second kappa shape index (κ2) is 5.21. The number of carboxylic acid groups (broad SMARTS) is 1. The van der Waals surface area contributed by atoms with Gasteiger partial charge in [-0.25, -0.2) is 8.42 Å². The first-order chi connectivity index (χ1) is 8.85. The molecular formula is C13H17NO4S. The highest BCUT2D eigenvalue weighted by Crippen LogP contribution is 2.44. The van der Waals surface area contributed by atoms with Gasteiger partial charge in [0.05, 0.1) is 12.7 Å². The molecule has 1 aromatic rings. The fourth-order valence-electron chi connectivity index (χ4n) is 2.29. The highest BCUT2D eigenvalue weighted by Gasteiger charge is 2.33. The number of nitrogens with one attached hydrogen (secondary N) is 1. The van der Waals surface area contributed by atoms with Gasteiger partial charge in [0.1, 0.15) is 0 Å². The van der Waals surface area contributed by atoms with E-state index in [-0.39, 0.29) is 12.3 Å². The largest absolute Gasteiger partial charge is 0.481 e. The maximum absolute atomic E-state index is 11.2. The number of anilines is 1. The normalized spacial score (nSPS) is 16.9. The molecule has 0 heterocycles. The molecular weight excluding hydrogens is 266 g/mol. The highest BCUT2D eigenvalue weighted by atomic mass is 32.2. The van der Waals surface area contributed by atoms with Gasteiger partial charge in [0.2, 0.25) is 10.0 Å². The van der Waals surface area contributed by atoms with Gasteiger partial charge in [-0.15, -0.1) is 0 Å². The van der Waals surface area contributed by atoms with Gasteiger partial charge in [-0.05, 0) is 42.4 Å². The lowest BCUT2D eigenvalue weighted by atomic mass is 9.91. The highest BCUT2D eigenvalue weighted by molar-refractivity contribution is 7.92. The van der Waals surface area contributed by atoms with Crippen LogP contribution in [-0.2, 0) is 14.8 Å². The summed E-state index contributed by atoms with van der Waals surface area (Å²) in [6.45, 7) is 0. The van der Waals surface area contributed by atoms with Crippen molar-refractivity contribution in [3.63, 3.8) is 0 Å². The van der Waals surface area contributed by atoms with Gasteiger partial charge in [-0.2, -0.15) is 0 Å². The third-order valence-corrected chi connectivity index (χ3v) is 3.81. The lowest BCUT2D eigenvalue weighted by Gasteiger charge is -2.15. The molecule has 1 unspecified atom stereocenters. The van der Waals surface area contributed by atoms with Crippen molar-refractivity contribution >= 4 is 21.7 Å². The minimum Gasteiger partial charge on any atom is -0.481 e. The van der Waals surface area contributed by atoms with E-state index in [4.69, 9.17) is 5.11 Å². The fraction of sp³-hybridized carbons (Fsp3) is 0.462. The molecule has 1 aromatic carbocycles. The van der Waals surface area contributed by atoms with E-state index in [1.165, 1.54) is 0 Å². The molecule has 19 heavy (non-hydrogen) atoms. The van der Waals surface area contributed by atoms with Crippen molar-refractivity contribution in [1.29, 1.82) is 0 Å². The van der Waals surface area contributed by atoms with Crippen LogP contribution in [0, 0.1) is 5.92 Å². The Labute approximate surface area is 112 Å². The predicted octanol–water partition coefficient (Wildman–Crippen LogP) is 2.03. The molecule has 0 bridgehead atoms. The predicted molar refractivity (Wildman–Crippen MR) is 72.6 cm³/mol. The first kappa shape index (κ1) is 13.9. The van der Waals surface area contributed by atoms with Gasteiger partial charge in [0.15, 0.2) is 0 Å². The lowest BCUT2D eigenvalue weighted by Crippen LogP contribution is -2.11. The Morgan fingerprint density at radius 2 is 2.16 bits per heavy atom. The molecule has 1 aliphatic rings. The zero-order valence-corrected chi connectivity index (χ0v) is 11.5. The van der Waals surface area contributed by atoms with Gasteiger partial charge in [-0.3, -0.25) is 9.52 Å². The molecule has 2 rings (SSSR count). The summed E-state index contributed by atoms with van der Waals surface area (Å²) in [4.78, 5) is 10.9. The summed E-state index contributed by atoms with van der Waals surface area (Å²) < 4.78 is 24.8. The van der Waals surface area contributed by atoms with E-state index in [1.54, 1.807) is 18.2 Å². The van der Waals surface area contributed by atoms with Crippen LogP contribution in [0.2, 0.25) is 0 Å². The monoisotopic (exact) mass is 283 g/mol. The molecule has 0 spiro atoms. The Morgan fingerprint density at radius 3 is 2.68 bits per heavy atom. The van der Waals surface area contributed by atoms with Crippen LogP contribution in [0.15, 0.2) is 24.3 Å². The topological polar surface area (TPSA) is 83.5 Å². The summed E-state index contributed by atoms with van der Waals surface area (Å²) in [5.74, 6) is -0.443. The van der Waals surface area contributed by atoms with Crippen LogP contribution in [0.4, 0.5) is 5.69 Å². The number of carboxylic acids is 1. The summed E-state index contributed by atoms with van der Waals surface area (Å²) in [5, 5.41) is 8.97. The van der Waals surface area contributed by atoms with Crippen LogP contribution >= 0.6 is 0 Å². The van der Waals surface area contributed by atoms with Crippen LogP contribution in [0.1, 0.15) is 30.7 Å². The van der Waals surface area contributed by atoms with Crippen molar-refractivity contribution in [3.8, 4) is 0 Å². The average molecular weight is 283 g/mol. The van der Waals surface area contributed by atoms with Crippen LogP contribution < -0.4 is 4.72 Å². The van der Waals surface area contributed by atoms with Crippen molar-refractivity contribution in [1.82, 2.24) is 0 Å². The third kappa shape index (κ3) is 4.24. The quantitative estimate of drug-likeness (QED) is 0.836. The summed E-state index contributed by atoms with van der Waals surface area (Å²) in [7, 11) is -3.31. The summed E-state index contributed by atoms with van der Waals surface area (Å²) in [6, 6.07) is 7.00. The molecule has 6 heteroatoms. The smallest absolute Gasteiger partial charge is 0.303 e. The first-order valence-corrected chi connectivity index (χ1v) is 8.04. The van der Waals surface area contributed by atoms with Gasteiger partial charge < -0.3 is 5.11 Å². The lowest BCUT2D eigenvalue weighted by molar-refractivity contribution is -0.137. The van der Waals surface area contributed by atoms with Gasteiger partial charge in [0, 0.05) is 5.69 Å². The first-order valence-electron chi connectivity index (χ1n) is 6.15. The zero-order chi connectivity index (χ0) is 14.0. The van der Waals surface area contributed by atoms with Gasteiger partial charge in [-0.1, -0.05) is 12.1 Å². The maximum atomic E-state index is 11.2. The molecule has 0 aliphatic heterocycles. The van der Waals surface area contributed by atoms with Crippen molar-refractivity contribution in [3.05, 3.63) is 29.8 Å². The van der Waals surface area contributed by atoms with Crippen molar-refractivity contribution < 1.29 is 18.3 Å². The fourth-order valence-corrected chi connectivity index (χ4v) is 2.85. The number of sulfonamides is 1. The second-order valence-corrected chi connectivity index (χ2v) is 6.79. The van der Waals surface area contributed by atoms with Crippen LogP contribution in [0.25, 0.3) is 0 Å². The number of aliphatic carboxylic acids is 1. The van der Waals surface area contributed by atoms with Crippen molar-refractivity contribution in [2.45, 2.75) is 25.2 Å². The zero-order valence-electron chi connectivity index (χ0n) is 10.7. The average Bonchev–Trinajstić information content (AvgIpc) is 3.07. The van der Waals surface area contributed by atoms with Crippen LogP contribution in [-0.4, -0.2) is 25.7 Å². The Hall–Kier alpha value is -1.56. The molecule has 104 valence electrons. The Bertz CT molecular complexity index is 578. The molecule has 0 amide bonds. The molecule has 2 N–H and O–H groups in total. The second-order valence-electron chi connectivity index (χ2n) is 5.04. The van der Waals surface area contributed by atoms with Crippen LogP contribution in [0.3, 0.4) is 0 Å². The van der Waals surface area contributed by atoms with E-state index in [0.717, 1.165) is 24.7 Å². The molecule has 1 aliphatic carbocycles. The molecule has 1 atom stereocenters. The Morgan fingerprint density at radius 1 is 1.47 bits per heavy atom. The number of hydrogen-bond donors (Lipinski definition) is 2. The van der Waals surface area contributed by atoms with E-state index in [1.807, 2.05) is 6.07 Å². The van der Waals surface area contributed by atoms with E-state index < -0.39 is 16.0 Å². The molecule has 0 radical (unpaired) electrons. The molecule has 5 nitrogen and oxygen atoms in total. The number of hydrogen-bond acceptors (Lipinski definition) is 3. The number of rotatable bonds is 6. The summed E-state index contributed by atoms with van der Waals surface area (Å²) in [5.41, 5.74) is 1.37. The Balaban J connectivity index is 2.22. The SMILES string of the molecule is CS(=O)(=O)Nc1cccc(C(CC(=O)O)C2CC2)c1. The van der Waals surface area contributed by atoms with Crippen molar-refractivity contribution in [2.75, 3.05) is 11.0 Å². The maximum Gasteiger partial charge on any atom is 0.303 e. The van der Waals surface area contributed by atoms with E-state index in [0.29, 0.717) is 11.6 Å². The molecule has 1 fully saturated rings. The van der Waals surface area contributed by atoms with Gasteiger partial charge >= 0.3 is 5.97 Å². The molecule has 1 saturated carbocycles. The van der Waals surface area contributed by atoms with E-state index in [2.05, 4.69) is 4.72 Å². The Kier molecular flexibility index (Phi) is 3.80. The molecule has 0 saturated heterocycles. The van der Waals surface area contributed by atoms with E-state index in [9.17, 15) is 13.2 Å². The number of benzene rings is 1. The standard InChI is InChI=1S/C13H17NO4S/c1-19(17,18)14-11-4-2-3-10(7-11)12(8-13(15)16)9-5-6-9/h2-4,7,9,12,14H,5-6,8H2,1H3,(H,15,16). The van der Waals surface area contributed by atoms with Crippen LogP contribution in [0.5, 0.6) is 0 Å². The van der Waals surface area contributed by atoms with E-state index >= 15 is 0 Å².